The average molecular weight is 449 g/mol. The quantitative estimate of drug-likeness (QED) is 0.562. The van der Waals surface area contributed by atoms with Gasteiger partial charge in [-0.25, -0.2) is 8.42 Å². The van der Waals surface area contributed by atoms with Crippen molar-refractivity contribution in [3.8, 4) is 0 Å². The summed E-state index contributed by atoms with van der Waals surface area (Å²) in [5.41, 5.74) is 2.28. The van der Waals surface area contributed by atoms with E-state index in [1.807, 2.05) is 0 Å². The van der Waals surface area contributed by atoms with Gasteiger partial charge in [0, 0.05) is 21.3 Å². The highest BCUT2D eigenvalue weighted by Gasteiger charge is 2.18. The van der Waals surface area contributed by atoms with E-state index in [1.165, 1.54) is 4.31 Å². The van der Waals surface area contributed by atoms with Crippen LogP contribution in [0.1, 0.15) is 15.9 Å². The predicted molar refractivity (Wildman–Crippen MR) is 118 cm³/mol. The Labute approximate surface area is 179 Å². The van der Waals surface area contributed by atoms with Gasteiger partial charge < -0.3 is 5.32 Å². The number of halogens is 2. The molecule has 1 N–H and O–H groups in total. The van der Waals surface area contributed by atoms with E-state index in [9.17, 15) is 13.2 Å². The maximum absolute atomic E-state index is 12.4. The van der Waals surface area contributed by atoms with E-state index in [1.54, 1.807) is 72.8 Å². The summed E-state index contributed by atoms with van der Waals surface area (Å²) in [6.07, 6.45) is 1.14. The molecule has 0 saturated carbocycles. The topological polar surface area (TPSA) is 66.5 Å². The van der Waals surface area contributed by atoms with Crippen molar-refractivity contribution >= 4 is 50.5 Å². The van der Waals surface area contributed by atoms with Gasteiger partial charge in [0.25, 0.3) is 5.91 Å². The zero-order valence-electron chi connectivity index (χ0n) is 15.5. The first-order chi connectivity index (χ1) is 13.7. The third-order valence-corrected chi connectivity index (χ3v) is 5.80. The number of carbonyl (C=O) groups excluding carboxylic acids is 1. The minimum absolute atomic E-state index is 0.159. The molecule has 0 aromatic heterocycles. The number of benzene rings is 3. The predicted octanol–water partition coefficient (Wildman–Crippen LogP) is 5.21. The van der Waals surface area contributed by atoms with Gasteiger partial charge >= 0.3 is 0 Å². The fourth-order valence-corrected chi connectivity index (χ4v) is 3.81. The van der Waals surface area contributed by atoms with Crippen LogP contribution in [0.5, 0.6) is 0 Å². The molecule has 8 heteroatoms. The number of hydrogen-bond acceptors (Lipinski definition) is 3. The summed E-state index contributed by atoms with van der Waals surface area (Å²) in [4.78, 5) is 12.4. The van der Waals surface area contributed by atoms with Crippen molar-refractivity contribution in [3.63, 3.8) is 0 Å². The lowest BCUT2D eigenvalue weighted by atomic mass is 10.1. The summed E-state index contributed by atoms with van der Waals surface area (Å²) < 4.78 is 25.9. The van der Waals surface area contributed by atoms with Crippen LogP contribution in [0.4, 0.5) is 11.4 Å². The zero-order valence-corrected chi connectivity index (χ0v) is 17.8. The van der Waals surface area contributed by atoms with Gasteiger partial charge in [-0.3, -0.25) is 9.10 Å². The molecule has 0 spiro atoms. The second-order valence-electron chi connectivity index (χ2n) is 6.40. The molecule has 3 aromatic carbocycles. The molecule has 3 rings (SSSR count). The van der Waals surface area contributed by atoms with Gasteiger partial charge in [-0.1, -0.05) is 35.3 Å². The number of rotatable bonds is 6. The smallest absolute Gasteiger partial charge is 0.255 e. The molecule has 0 heterocycles. The molecule has 0 atom stereocenters. The summed E-state index contributed by atoms with van der Waals surface area (Å²) in [6.45, 7) is 0.159. The first-order valence-electron chi connectivity index (χ1n) is 8.61. The number of nitrogens with zero attached hydrogens (tertiary/aromatic N) is 1. The van der Waals surface area contributed by atoms with Crippen LogP contribution in [0.15, 0.2) is 72.8 Å². The summed E-state index contributed by atoms with van der Waals surface area (Å²) in [7, 11) is -3.52. The minimum atomic E-state index is -3.52. The molecule has 5 nitrogen and oxygen atoms in total. The maximum Gasteiger partial charge on any atom is 0.255 e. The Bertz CT molecular complexity index is 1100. The second-order valence-corrected chi connectivity index (χ2v) is 9.18. The monoisotopic (exact) mass is 448 g/mol. The van der Waals surface area contributed by atoms with Crippen molar-refractivity contribution in [2.45, 2.75) is 6.54 Å². The largest absolute Gasteiger partial charge is 0.322 e. The third kappa shape index (κ3) is 5.73. The van der Waals surface area contributed by atoms with Crippen molar-refractivity contribution in [2.24, 2.45) is 0 Å². The highest BCUT2D eigenvalue weighted by Crippen LogP contribution is 2.23. The Morgan fingerprint density at radius 3 is 1.90 bits per heavy atom. The van der Waals surface area contributed by atoms with Gasteiger partial charge in [-0.15, -0.1) is 0 Å². The van der Waals surface area contributed by atoms with Crippen LogP contribution in [-0.2, 0) is 16.6 Å². The van der Waals surface area contributed by atoms with Crippen LogP contribution < -0.4 is 9.62 Å². The van der Waals surface area contributed by atoms with E-state index in [0.717, 1.165) is 11.8 Å². The SMILES string of the molecule is CS(=O)(=O)N(Cc1ccc(Cl)cc1)c1ccc(C(=O)Nc2ccc(Cl)cc2)cc1. The molecular formula is C21H18Cl2N2O3S. The van der Waals surface area contributed by atoms with Crippen molar-refractivity contribution in [1.29, 1.82) is 0 Å². The highest BCUT2D eigenvalue weighted by molar-refractivity contribution is 7.92. The van der Waals surface area contributed by atoms with E-state index >= 15 is 0 Å². The minimum Gasteiger partial charge on any atom is -0.322 e. The Hall–Kier alpha value is -2.54. The van der Waals surface area contributed by atoms with Gasteiger partial charge in [-0.2, -0.15) is 0 Å². The van der Waals surface area contributed by atoms with Crippen LogP contribution in [-0.4, -0.2) is 20.6 Å². The molecule has 0 aliphatic rings. The van der Waals surface area contributed by atoms with Crippen LogP contribution >= 0.6 is 23.2 Å². The number of amides is 1. The molecule has 0 bridgehead atoms. The zero-order chi connectivity index (χ0) is 21.0. The lowest BCUT2D eigenvalue weighted by molar-refractivity contribution is 0.102. The van der Waals surface area contributed by atoms with Crippen molar-refractivity contribution < 1.29 is 13.2 Å². The molecule has 0 fully saturated rings. The molecule has 29 heavy (non-hydrogen) atoms. The molecule has 0 radical (unpaired) electrons. The Balaban J connectivity index is 1.79. The van der Waals surface area contributed by atoms with Gasteiger partial charge in [-0.05, 0) is 66.2 Å². The number of anilines is 2. The van der Waals surface area contributed by atoms with E-state index in [2.05, 4.69) is 5.32 Å². The summed E-state index contributed by atoms with van der Waals surface area (Å²) >= 11 is 11.7. The maximum atomic E-state index is 12.4. The first-order valence-corrected chi connectivity index (χ1v) is 11.2. The summed E-state index contributed by atoms with van der Waals surface area (Å²) in [5.74, 6) is -0.303. The van der Waals surface area contributed by atoms with Crippen LogP contribution in [0.2, 0.25) is 10.0 Å². The number of carbonyl (C=O) groups is 1. The lowest BCUT2D eigenvalue weighted by Crippen LogP contribution is -2.29. The van der Waals surface area contributed by atoms with E-state index in [0.29, 0.717) is 27.0 Å². The Kier molecular flexibility index (Phi) is 6.47. The summed E-state index contributed by atoms with van der Waals surface area (Å²) in [6, 6.07) is 20.1. The van der Waals surface area contributed by atoms with Crippen LogP contribution in [0.3, 0.4) is 0 Å². The molecular weight excluding hydrogens is 431 g/mol. The second kappa shape index (κ2) is 8.86. The first kappa shape index (κ1) is 21.2. The Morgan fingerprint density at radius 1 is 0.862 bits per heavy atom. The molecule has 0 aliphatic carbocycles. The van der Waals surface area contributed by atoms with E-state index in [4.69, 9.17) is 23.2 Å². The van der Waals surface area contributed by atoms with Crippen molar-refractivity contribution in [1.82, 2.24) is 0 Å². The van der Waals surface area contributed by atoms with Crippen LogP contribution in [0, 0.1) is 0 Å². The van der Waals surface area contributed by atoms with Gasteiger partial charge in [0.05, 0.1) is 18.5 Å². The fraction of sp³-hybridized carbons (Fsp3) is 0.0952. The lowest BCUT2D eigenvalue weighted by Gasteiger charge is -2.23. The molecule has 0 saturated heterocycles. The van der Waals surface area contributed by atoms with E-state index in [-0.39, 0.29) is 12.5 Å². The average Bonchev–Trinajstić information content (AvgIpc) is 2.68. The molecule has 0 unspecified atom stereocenters. The number of hydrogen-bond donors (Lipinski definition) is 1. The molecule has 0 aliphatic heterocycles. The van der Waals surface area contributed by atoms with E-state index < -0.39 is 10.0 Å². The van der Waals surface area contributed by atoms with Gasteiger partial charge in [0.1, 0.15) is 0 Å². The molecule has 1 amide bonds. The Morgan fingerprint density at radius 2 is 1.38 bits per heavy atom. The third-order valence-electron chi connectivity index (χ3n) is 4.16. The normalized spacial score (nSPS) is 11.1. The fourth-order valence-electron chi connectivity index (χ4n) is 2.67. The van der Waals surface area contributed by atoms with Crippen molar-refractivity contribution in [2.75, 3.05) is 15.9 Å². The van der Waals surface area contributed by atoms with Crippen LogP contribution in [0.25, 0.3) is 0 Å². The molecule has 150 valence electrons. The van der Waals surface area contributed by atoms with Gasteiger partial charge in [0.2, 0.25) is 10.0 Å². The van der Waals surface area contributed by atoms with Crippen molar-refractivity contribution in [3.05, 3.63) is 94.0 Å². The summed E-state index contributed by atoms with van der Waals surface area (Å²) in [5, 5.41) is 3.92. The van der Waals surface area contributed by atoms with Gasteiger partial charge in [0.15, 0.2) is 0 Å². The number of nitrogens with one attached hydrogen (secondary N) is 1. The highest BCUT2D eigenvalue weighted by atomic mass is 35.5. The number of sulfonamides is 1. The standard InChI is InChI=1S/C21H18Cl2N2O3S/c1-29(27,28)25(14-15-2-6-17(22)7-3-15)20-12-4-16(5-13-20)21(26)24-19-10-8-18(23)9-11-19/h2-13H,14H2,1H3,(H,24,26). The molecule has 3 aromatic rings.